The van der Waals surface area contributed by atoms with Gasteiger partial charge in [-0.25, -0.2) is 8.78 Å². The molecular weight excluding hydrogens is 337 g/mol. The number of alkyl halides is 2. The number of methoxy groups -OCH3 is 2. The van der Waals surface area contributed by atoms with Crippen LogP contribution in [0.5, 0.6) is 11.5 Å². The van der Waals surface area contributed by atoms with Crippen LogP contribution < -0.4 is 14.8 Å². The molecule has 2 rings (SSSR count). The van der Waals surface area contributed by atoms with Gasteiger partial charge in [0, 0.05) is 32.2 Å². The van der Waals surface area contributed by atoms with Crippen molar-refractivity contribution in [3.05, 3.63) is 23.8 Å². The molecule has 1 atom stereocenters. The highest BCUT2D eigenvalue weighted by Gasteiger charge is 2.30. The molecule has 0 saturated carbocycles. The minimum absolute atomic E-state index is 0. The van der Waals surface area contributed by atoms with Gasteiger partial charge in [-0.1, -0.05) is 0 Å². The predicted octanol–water partition coefficient (Wildman–Crippen LogP) is 2.76. The first kappa shape index (κ1) is 21.2. The molecule has 0 spiro atoms. The van der Waals surface area contributed by atoms with Crippen LogP contribution in [0.2, 0.25) is 0 Å². The number of nitrogens with one attached hydrogen (secondary N) is 1. The zero-order valence-electron chi connectivity index (χ0n) is 12.6. The standard InChI is InChI=1S/C14H20F2N2O2.2ClH/c1-19-11-7-10(8-12(9-11)20-2)13(14(15)16)18-5-3-17-4-6-18;;/h7-9,13-14,17H,3-6H2,1-2H3;2*1H/t13-;;/m1../s1. The lowest BCUT2D eigenvalue weighted by atomic mass is 10.0. The molecule has 4 nitrogen and oxygen atoms in total. The van der Waals surface area contributed by atoms with Gasteiger partial charge in [0.15, 0.2) is 0 Å². The van der Waals surface area contributed by atoms with E-state index in [9.17, 15) is 8.78 Å². The number of hydrogen-bond acceptors (Lipinski definition) is 4. The lowest BCUT2D eigenvalue weighted by molar-refractivity contribution is 0.0180. The monoisotopic (exact) mass is 358 g/mol. The molecule has 1 aliphatic heterocycles. The SMILES string of the molecule is COc1cc(OC)cc([C@H](C(F)F)N2CCNCC2)c1.Cl.Cl. The highest BCUT2D eigenvalue weighted by Crippen LogP contribution is 2.33. The fourth-order valence-corrected chi connectivity index (χ4v) is 2.48. The van der Waals surface area contributed by atoms with Crippen molar-refractivity contribution in [3.8, 4) is 11.5 Å². The predicted molar refractivity (Wildman–Crippen MR) is 87.2 cm³/mol. The molecule has 8 heteroatoms. The van der Waals surface area contributed by atoms with E-state index in [1.54, 1.807) is 23.1 Å². The molecule has 1 aromatic carbocycles. The summed E-state index contributed by atoms with van der Waals surface area (Å²) in [5.74, 6) is 1.06. The van der Waals surface area contributed by atoms with Crippen LogP contribution in [0.25, 0.3) is 0 Å². The molecule has 128 valence electrons. The van der Waals surface area contributed by atoms with E-state index in [4.69, 9.17) is 9.47 Å². The number of rotatable bonds is 5. The van der Waals surface area contributed by atoms with Gasteiger partial charge in [0.1, 0.15) is 11.5 Å². The Kier molecular flexibility index (Phi) is 9.67. The Bertz CT molecular complexity index is 425. The van der Waals surface area contributed by atoms with E-state index in [1.807, 2.05) is 0 Å². The molecular formula is C14H22Cl2F2N2O2. The maximum atomic E-state index is 13.5. The second-order valence-electron chi connectivity index (χ2n) is 4.71. The van der Waals surface area contributed by atoms with E-state index in [0.29, 0.717) is 30.2 Å². The van der Waals surface area contributed by atoms with Crippen LogP contribution in [0.15, 0.2) is 18.2 Å². The summed E-state index contributed by atoms with van der Waals surface area (Å²) in [4.78, 5) is 1.80. The Labute approximate surface area is 142 Å². The number of nitrogens with zero attached hydrogens (tertiary/aromatic N) is 1. The Morgan fingerprint density at radius 1 is 1.00 bits per heavy atom. The molecule has 0 radical (unpaired) electrons. The quantitative estimate of drug-likeness (QED) is 0.877. The molecule has 0 bridgehead atoms. The average Bonchev–Trinajstić information content (AvgIpc) is 2.47. The van der Waals surface area contributed by atoms with Crippen molar-refractivity contribution in [1.82, 2.24) is 10.2 Å². The summed E-state index contributed by atoms with van der Waals surface area (Å²) in [6.07, 6.45) is -2.45. The van der Waals surface area contributed by atoms with E-state index in [1.165, 1.54) is 14.2 Å². The first-order chi connectivity index (χ1) is 9.65. The van der Waals surface area contributed by atoms with E-state index < -0.39 is 12.5 Å². The van der Waals surface area contributed by atoms with Crippen molar-refractivity contribution < 1.29 is 18.3 Å². The van der Waals surface area contributed by atoms with Gasteiger partial charge in [0.25, 0.3) is 6.43 Å². The lowest BCUT2D eigenvalue weighted by Crippen LogP contribution is -2.46. The smallest absolute Gasteiger partial charge is 0.258 e. The number of halogens is 4. The van der Waals surface area contributed by atoms with E-state index in [-0.39, 0.29) is 24.8 Å². The summed E-state index contributed by atoms with van der Waals surface area (Å²) in [7, 11) is 3.03. The van der Waals surface area contributed by atoms with Gasteiger partial charge < -0.3 is 14.8 Å². The minimum Gasteiger partial charge on any atom is -0.497 e. The second-order valence-corrected chi connectivity index (χ2v) is 4.71. The van der Waals surface area contributed by atoms with Crippen LogP contribution in [-0.4, -0.2) is 51.7 Å². The van der Waals surface area contributed by atoms with Crippen LogP contribution in [0.1, 0.15) is 11.6 Å². The van der Waals surface area contributed by atoms with Crippen LogP contribution in [0.3, 0.4) is 0 Å². The molecule has 0 amide bonds. The molecule has 1 saturated heterocycles. The lowest BCUT2D eigenvalue weighted by Gasteiger charge is -2.34. The summed E-state index contributed by atoms with van der Waals surface area (Å²) in [5, 5.41) is 3.17. The zero-order valence-corrected chi connectivity index (χ0v) is 14.2. The fourth-order valence-electron chi connectivity index (χ4n) is 2.48. The normalized spacial score (nSPS) is 16.4. The molecule has 0 aliphatic carbocycles. The van der Waals surface area contributed by atoms with Crippen LogP contribution in [-0.2, 0) is 0 Å². The maximum absolute atomic E-state index is 13.5. The average molecular weight is 359 g/mol. The van der Waals surface area contributed by atoms with Crippen molar-refractivity contribution in [1.29, 1.82) is 0 Å². The second kappa shape index (κ2) is 10.0. The van der Waals surface area contributed by atoms with Gasteiger partial charge in [-0.3, -0.25) is 4.90 Å². The third kappa shape index (κ3) is 5.12. The summed E-state index contributed by atoms with van der Waals surface area (Å²) >= 11 is 0. The molecule has 1 fully saturated rings. The number of ether oxygens (including phenoxy) is 2. The summed E-state index contributed by atoms with van der Waals surface area (Å²) in [6.45, 7) is 2.66. The van der Waals surface area contributed by atoms with Crippen LogP contribution in [0.4, 0.5) is 8.78 Å². The van der Waals surface area contributed by atoms with E-state index in [0.717, 1.165) is 13.1 Å². The number of hydrogen-bond donors (Lipinski definition) is 1. The van der Waals surface area contributed by atoms with Crippen molar-refractivity contribution in [2.75, 3.05) is 40.4 Å². The first-order valence-corrected chi connectivity index (χ1v) is 6.61. The van der Waals surface area contributed by atoms with Crippen molar-refractivity contribution >= 4 is 24.8 Å². The number of benzene rings is 1. The minimum atomic E-state index is -2.45. The van der Waals surface area contributed by atoms with Gasteiger partial charge in [-0.2, -0.15) is 0 Å². The summed E-state index contributed by atoms with van der Waals surface area (Å²) < 4.78 is 37.3. The zero-order chi connectivity index (χ0) is 14.5. The molecule has 22 heavy (non-hydrogen) atoms. The fraction of sp³-hybridized carbons (Fsp3) is 0.571. The van der Waals surface area contributed by atoms with Crippen molar-refractivity contribution in [3.63, 3.8) is 0 Å². The van der Waals surface area contributed by atoms with Gasteiger partial charge >= 0.3 is 0 Å². The van der Waals surface area contributed by atoms with Crippen molar-refractivity contribution in [2.45, 2.75) is 12.5 Å². The first-order valence-electron chi connectivity index (χ1n) is 6.61. The number of piperazine rings is 1. The van der Waals surface area contributed by atoms with E-state index >= 15 is 0 Å². The topological polar surface area (TPSA) is 33.7 Å². The maximum Gasteiger partial charge on any atom is 0.258 e. The summed E-state index contributed by atoms with van der Waals surface area (Å²) in [6, 6.07) is 4.06. The van der Waals surface area contributed by atoms with Gasteiger partial charge in [-0.05, 0) is 17.7 Å². The molecule has 1 N–H and O–H groups in total. The summed E-state index contributed by atoms with van der Waals surface area (Å²) in [5.41, 5.74) is 0.526. The Morgan fingerprint density at radius 2 is 1.50 bits per heavy atom. The van der Waals surface area contributed by atoms with E-state index in [2.05, 4.69) is 5.32 Å². The molecule has 0 aromatic heterocycles. The third-order valence-corrected chi connectivity index (χ3v) is 3.50. The highest BCUT2D eigenvalue weighted by molar-refractivity contribution is 5.85. The van der Waals surface area contributed by atoms with Gasteiger partial charge in [0.2, 0.25) is 0 Å². The van der Waals surface area contributed by atoms with Gasteiger partial charge in [-0.15, -0.1) is 24.8 Å². The Balaban J connectivity index is 0.00000220. The Hall–Kier alpha value is -0.820. The molecule has 0 unspecified atom stereocenters. The molecule has 1 heterocycles. The largest absolute Gasteiger partial charge is 0.497 e. The van der Waals surface area contributed by atoms with Crippen LogP contribution >= 0.6 is 24.8 Å². The molecule has 1 aliphatic rings. The highest BCUT2D eigenvalue weighted by atomic mass is 35.5. The third-order valence-electron chi connectivity index (χ3n) is 3.50. The molecule has 1 aromatic rings. The van der Waals surface area contributed by atoms with Gasteiger partial charge in [0.05, 0.1) is 20.3 Å². The Morgan fingerprint density at radius 3 is 1.91 bits per heavy atom. The van der Waals surface area contributed by atoms with Crippen molar-refractivity contribution in [2.24, 2.45) is 0 Å². The van der Waals surface area contributed by atoms with Crippen LogP contribution in [0, 0.1) is 0 Å².